The van der Waals surface area contributed by atoms with Gasteiger partial charge in [-0.2, -0.15) is 0 Å². The molecule has 0 bridgehead atoms. The lowest BCUT2D eigenvalue weighted by Crippen LogP contribution is -2.14. The maximum atomic E-state index is 11.8. The zero-order valence-corrected chi connectivity index (χ0v) is 12.6. The third kappa shape index (κ3) is 4.85. The summed E-state index contributed by atoms with van der Waals surface area (Å²) in [4.78, 5) is 11.0. The number of carboxylic acids is 1. The molecule has 1 aromatic carbocycles. The summed E-state index contributed by atoms with van der Waals surface area (Å²) >= 11 is 0. The maximum Gasteiger partial charge on any atom is 0.306 e. The van der Waals surface area contributed by atoms with Crippen LogP contribution in [0.4, 0.5) is 5.69 Å². The third-order valence-corrected chi connectivity index (χ3v) is 4.95. The Morgan fingerprint density at radius 3 is 2.40 bits per heavy atom. The summed E-state index contributed by atoms with van der Waals surface area (Å²) in [7, 11) is -3.18. The number of carbonyl (C=O) groups is 1. The number of carboxylic acid groups (broad SMARTS) is 1. The van der Waals surface area contributed by atoms with Gasteiger partial charge in [0.2, 0.25) is 0 Å². The Hall–Kier alpha value is -1.56. The predicted octanol–water partition coefficient (Wildman–Crippen LogP) is 2.39. The molecule has 0 aliphatic carbocycles. The van der Waals surface area contributed by atoms with Gasteiger partial charge in [0, 0.05) is 12.2 Å². The van der Waals surface area contributed by atoms with E-state index in [2.05, 4.69) is 5.32 Å². The SMILES string of the molecule is CCCS(=O)(=O)c1ccc(NCCC(C)C(=O)O)cc1. The molecule has 0 aliphatic heterocycles. The summed E-state index contributed by atoms with van der Waals surface area (Å²) in [6, 6.07) is 6.56. The number of hydrogen-bond acceptors (Lipinski definition) is 4. The van der Waals surface area contributed by atoms with Crippen LogP contribution >= 0.6 is 0 Å². The molecule has 1 unspecified atom stereocenters. The smallest absolute Gasteiger partial charge is 0.306 e. The third-order valence-electron chi connectivity index (χ3n) is 3.01. The van der Waals surface area contributed by atoms with Gasteiger partial charge in [-0.3, -0.25) is 4.79 Å². The van der Waals surface area contributed by atoms with E-state index in [-0.39, 0.29) is 5.75 Å². The van der Waals surface area contributed by atoms with Gasteiger partial charge in [-0.15, -0.1) is 0 Å². The van der Waals surface area contributed by atoms with Gasteiger partial charge in [0.15, 0.2) is 9.84 Å². The molecule has 0 saturated heterocycles. The number of anilines is 1. The molecule has 1 rings (SSSR count). The van der Waals surface area contributed by atoms with Crippen molar-refractivity contribution in [3.8, 4) is 0 Å². The van der Waals surface area contributed by atoms with Crippen molar-refractivity contribution in [2.45, 2.75) is 31.6 Å². The van der Waals surface area contributed by atoms with Crippen LogP contribution in [-0.4, -0.2) is 31.8 Å². The van der Waals surface area contributed by atoms with Gasteiger partial charge >= 0.3 is 5.97 Å². The molecule has 1 aromatic rings. The minimum atomic E-state index is -3.18. The number of sulfone groups is 1. The highest BCUT2D eigenvalue weighted by Crippen LogP contribution is 2.16. The molecule has 0 fully saturated rings. The molecule has 0 saturated carbocycles. The fraction of sp³-hybridized carbons (Fsp3) is 0.500. The van der Waals surface area contributed by atoms with E-state index in [9.17, 15) is 13.2 Å². The van der Waals surface area contributed by atoms with Crippen molar-refractivity contribution in [1.82, 2.24) is 0 Å². The molecule has 0 spiro atoms. The Balaban J connectivity index is 2.57. The Morgan fingerprint density at radius 2 is 1.90 bits per heavy atom. The van der Waals surface area contributed by atoms with Crippen LogP contribution in [0.1, 0.15) is 26.7 Å². The van der Waals surface area contributed by atoms with Crippen LogP contribution in [0.3, 0.4) is 0 Å². The van der Waals surface area contributed by atoms with Gasteiger partial charge in [0.05, 0.1) is 16.6 Å². The van der Waals surface area contributed by atoms with Gasteiger partial charge in [0.25, 0.3) is 0 Å². The van der Waals surface area contributed by atoms with E-state index in [1.165, 1.54) is 0 Å². The lowest BCUT2D eigenvalue weighted by Gasteiger charge is -2.09. The average molecular weight is 299 g/mol. The molecule has 0 heterocycles. The summed E-state index contributed by atoms with van der Waals surface area (Å²) < 4.78 is 23.7. The highest BCUT2D eigenvalue weighted by Gasteiger charge is 2.13. The first kappa shape index (κ1) is 16.5. The first-order valence-corrected chi connectivity index (χ1v) is 8.31. The average Bonchev–Trinajstić information content (AvgIpc) is 2.39. The maximum absolute atomic E-state index is 11.8. The van der Waals surface area contributed by atoms with E-state index in [0.717, 1.165) is 5.69 Å². The minimum absolute atomic E-state index is 0.149. The number of rotatable bonds is 8. The summed E-state index contributed by atoms with van der Waals surface area (Å²) in [6.07, 6.45) is 1.11. The molecule has 5 nitrogen and oxygen atoms in total. The number of nitrogens with one attached hydrogen (secondary N) is 1. The van der Waals surface area contributed by atoms with Crippen LogP contribution in [0.15, 0.2) is 29.2 Å². The van der Waals surface area contributed by atoms with Crippen LogP contribution in [-0.2, 0) is 14.6 Å². The van der Waals surface area contributed by atoms with Crippen LogP contribution in [0, 0.1) is 5.92 Å². The van der Waals surface area contributed by atoms with Gasteiger partial charge < -0.3 is 10.4 Å². The van der Waals surface area contributed by atoms with Gasteiger partial charge in [0.1, 0.15) is 0 Å². The summed E-state index contributed by atoms with van der Waals surface area (Å²) in [5.74, 6) is -1.06. The van der Waals surface area contributed by atoms with Crippen molar-refractivity contribution in [3.63, 3.8) is 0 Å². The highest BCUT2D eigenvalue weighted by atomic mass is 32.2. The lowest BCUT2D eigenvalue weighted by atomic mass is 10.1. The van der Waals surface area contributed by atoms with E-state index >= 15 is 0 Å². The first-order valence-electron chi connectivity index (χ1n) is 6.66. The van der Waals surface area contributed by atoms with Gasteiger partial charge in [-0.05, 0) is 37.1 Å². The number of aliphatic carboxylic acids is 1. The quantitative estimate of drug-likeness (QED) is 0.770. The fourth-order valence-electron chi connectivity index (χ4n) is 1.72. The van der Waals surface area contributed by atoms with Crippen molar-refractivity contribution < 1.29 is 18.3 Å². The molecular formula is C14H21NO4S. The van der Waals surface area contributed by atoms with Crippen molar-refractivity contribution >= 4 is 21.5 Å². The Morgan fingerprint density at radius 1 is 1.30 bits per heavy atom. The normalized spacial score (nSPS) is 12.9. The Bertz CT molecular complexity index is 537. The topological polar surface area (TPSA) is 83.5 Å². The summed E-state index contributed by atoms with van der Waals surface area (Å²) in [6.45, 7) is 4.02. The molecule has 6 heteroatoms. The molecular weight excluding hydrogens is 278 g/mol. The van der Waals surface area contributed by atoms with Crippen LogP contribution < -0.4 is 5.32 Å². The van der Waals surface area contributed by atoms with Crippen molar-refractivity contribution in [3.05, 3.63) is 24.3 Å². The fourth-order valence-corrected chi connectivity index (χ4v) is 3.05. The van der Waals surface area contributed by atoms with E-state index in [0.29, 0.717) is 24.3 Å². The molecule has 0 amide bonds. The second-order valence-electron chi connectivity index (χ2n) is 4.80. The molecule has 0 radical (unpaired) electrons. The molecule has 2 N–H and O–H groups in total. The van der Waals surface area contributed by atoms with Crippen LogP contribution in [0.2, 0.25) is 0 Å². The monoisotopic (exact) mass is 299 g/mol. The first-order chi connectivity index (χ1) is 9.36. The van der Waals surface area contributed by atoms with E-state index in [1.807, 2.05) is 6.92 Å². The minimum Gasteiger partial charge on any atom is -0.481 e. The zero-order chi connectivity index (χ0) is 15.2. The molecule has 1 atom stereocenters. The predicted molar refractivity (Wildman–Crippen MR) is 78.7 cm³/mol. The van der Waals surface area contributed by atoms with E-state index < -0.39 is 21.7 Å². The molecule has 112 valence electrons. The molecule has 20 heavy (non-hydrogen) atoms. The molecule has 0 aliphatic rings. The summed E-state index contributed by atoms with van der Waals surface area (Å²) in [5, 5.41) is 11.8. The van der Waals surface area contributed by atoms with E-state index in [1.54, 1.807) is 31.2 Å². The number of hydrogen-bond donors (Lipinski definition) is 2. The van der Waals surface area contributed by atoms with E-state index in [4.69, 9.17) is 5.11 Å². The van der Waals surface area contributed by atoms with Crippen molar-refractivity contribution in [2.24, 2.45) is 5.92 Å². The standard InChI is InChI=1S/C14H21NO4S/c1-3-10-20(18,19)13-6-4-12(5-7-13)15-9-8-11(2)14(16)17/h4-7,11,15H,3,8-10H2,1-2H3,(H,16,17). The molecule has 0 aromatic heterocycles. The highest BCUT2D eigenvalue weighted by molar-refractivity contribution is 7.91. The van der Waals surface area contributed by atoms with Crippen molar-refractivity contribution in [2.75, 3.05) is 17.6 Å². The number of benzene rings is 1. The van der Waals surface area contributed by atoms with Crippen LogP contribution in [0.5, 0.6) is 0 Å². The van der Waals surface area contributed by atoms with Gasteiger partial charge in [-0.25, -0.2) is 8.42 Å². The zero-order valence-electron chi connectivity index (χ0n) is 11.8. The Labute approximate surface area is 119 Å². The second kappa shape index (κ2) is 7.28. The van der Waals surface area contributed by atoms with Crippen LogP contribution in [0.25, 0.3) is 0 Å². The second-order valence-corrected chi connectivity index (χ2v) is 6.91. The van der Waals surface area contributed by atoms with Crippen molar-refractivity contribution in [1.29, 1.82) is 0 Å². The Kier molecular flexibility index (Phi) is 6.01. The largest absolute Gasteiger partial charge is 0.481 e. The lowest BCUT2D eigenvalue weighted by molar-refractivity contribution is -0.141. The van der Waals surface area contributed by atoms with Gasteiger partial charge in [-0.1, -0.05) is 13.8 Å². The summed E-state index contributed by atoms with van der Waals surface area (Å²) in [5.41, 5.74) is 0.790.